The molecule has 0 N–H and O–H groups in total. The minimum Gasteiger partial charge on any atom is -0.0622 e. The van der Waals surface area contributed by atoms with E-state index >= 15 is 0 Å². The zero-order chi connectivity index (χ0) is 20.6. The molecule has 0 nitrogen and oxygen atoms in total. The first-order chi connectivity index (χ1) is 13.1. The second kappa shape index (κ2) is 10.3. The van der Waals surface area contributed by atoms with Crippen LogP contribution in [0.25, 0.3) is 0 Å². The average molecular weight is 379 g/mol. The molecule has 0 amide bonds. The number of hydrogen-bond donors (Lipinski definition) is 0. The maximum absolute atomic E-state index is 2.37. The van der Waals surface area contributed by atoms with Crippen LogP contribution < -0.4 is 0 Å². The molecule has 2 atom stereocenters. The summed E-state index contributed by atoms with van der Waals surface area (Å²) < 4.78 is 0. The summed E-state index contributed by atoms with van der Waals surface area (Å²) in [6.07, 6.45) is 7.78. The predicted octanol–water partition coefficient (Wildman–Crippen LogP) is 8.99. The van der Waals surface area contributed by atoms with Crippen molar-refractivity contribution in [3.05, 3.63) is 71.8 Å². The molecule has 2 rings (SSSR count). The largest absolute Gasteiger partial charge is 0.0622 e. The third-order valence-corrected chi connectivity index (χ3v) is 5.61. The van der Waals surface area contributed by atoms with Crippen molar-refractivity contribution in [2.75, 3.05) is 0 Å². The fraction of sp³-hybridized carbons (Fsp3) is 0.571. The predicted molar refractivity (Wildman–Crippen MR) is 125 cm³/mol. The van der Waals surface area contributed by atoms with Crippen molar-refractivity contribution in [2.45, 2.75) is 91.9 Å². The van der Waals surface area contributed by atoms with Crippen molar-refractivity contribution in [2.24, 2.45) is 10.8 Å². The monoisotopic (exact) mass is 378 g/mol. The maximum Gasteiger partial charge on any atom is -0.0157 e. The van der Waals surface area contributed by atoms with E-state index in [9.17, 15) is 0 Å². The Morgan fingerprint density at radius 1 is 0.536 bits per heavy atom. The Bertz CT molecular complexity index is 593. The second-order valence-corrected chi connectivity index (χ2v) is 11.0. The summed E-state index contributed by atoms with van der Waals surface area (Å²) in [4.78, 5) is 0. The van der Waals surface area contributed by atoms with Gasteiger partial charge in [0.05, 0.1) is 0 Å². The van der Waals surface area contributed by atoms with Gasteiger partial charge in [0.2, 0.25) is 0 Å². The van der Waals surface area contributed by atoms with E-state index in [-0.39, 0.29) is 0 Å². The molecule has 2 aromatic carbocycles. The molecule has 0 saturated heterocycles. The first-order valence-corrected chi connectivity index (χ1v) is 11.2. The highest BCUT2D eigenvalue weighted by molar-refractivity contribution is 5.21. The third kappa shape index (κ3) is 8.63. The molecule has 0 aliphatic carbocycles. The van der Waals surface area contributed by atoms with Crippen LogP contribution in [0, 0.1) is 10.8 Å². The van der Waals surface area contributed by atoms with Gasteiger partial charge < -0.3 is 0 Å². The Morgan fingerprint density at radius 3 is 1.14 bits per heavy atom. The number of rotatable bonds is 9. The van der Waals surface area contributed by atoms with Crippen LogP contribution in [-0.4, -0.2) is 0 Å². The van der Waals surface area contributed by atoms with Crippen molar-refractivity contribution in [3.63, 3.8) is 0 Å². The zero-order valence-corrected chi connectivity index (χ0v) is 19.2. The minimum absolute atomic E-state index is 0.374. The molecule has 0 aromatic heterocycles. The summed E-state index contributed by atoms with van der Waals surface area (Å²) in [6.45, 7) is 14.2. The number of unbranched alkanes of at least 4 members (excludes halogenated alkanes) is 1. The Balaban J connectivity index is 1.96. The summed E-state index contributed by atoms with van der Waals surface area (Å²) in [5.74, 6) is 1.36. The van der Waals surface area contributed by atoms with Gasteiger partial charge in [-0.2, -0.15) is 0 Å². The molecular formula is C28H42. The van der Waals surface area contributed by atoms with Gasteiger partial charge in [-0.25, -0.2) is 0 Å². The quantitative estimate of drug-likeness (QED) is 0.382. The molecule has 0 fully saturated rings. The Morgan fingerprint density at radius 2 is 0.857 bits per heavy atom. The zero-order valence-electron chi connectivity index (χ0n) is 19.2. The smallest absolute Gasteiger partial charge is 0.0157 e. The normalized spacial score (nSPS) is 14.6. The van der Waals surface area contributed by atoms with Crippen LogP contribution in [-0.2, 0) is 0 Å². The molecule has 2 aromatic rings. The van der Waals surface area contributed by atoms with E-state index in [1.54, 1.807) is 0 Å². The molecule has 0 aliphatic heterocycles. The molecule has 0 aliphatic rings. The van der Waals surface area contributed by atoms with E-state index in [1.807, 2.05) is 0 Å². The van der Waals surface area contributed by atoms with E-state index in [0.29, 0.717) is 22.7 Å². The van der Waals surface area contributed by atoms with Crippen LogP contribution in [0.2, 0.25) is 0 Å². The lowest BCUT2D eigenvalue weighted by molar-refractivity contribution is 0.313. The van der Waals surface area contributed by atoms with E-state index in [4.69, 9.17) is 0 Å². The Kier molecular flexibility index (Phi) is 8.35. The van der Waals surface area contributed by atoms with Gasteiger partial charge in [0, 0.05) is 0 Å². The molecule has 28 heavy (non-hydrogen) atoms. The lowest BCUT2D eigenvalue weighted by Crippen LogP contribution is -2.13. The van der Waals surface area contributed by atoms with Crippen LogP contribution >= 0.6 is 0 Å². The summed E-state index contributed by atoms with van der Waals surface area (Å²) in [7, 11) is 0. The first-order valence-electron chi connectivity index (χ1n) is 11.2. The highest BCUT2D eigenvalue weighted by Gasteiger charge is 2.22. The van der Waals surface area contributed by atoms with Gasteiger partial charge in [-0.1, -0.05) is 115 Å². The standard InChI is InChI=1S/C28H42/c1-27(2,3)21-25(23-15-9-7-10-16-23)19-13-14-20-26(22-28(4,5)6)24-17-11-8-12-18-24/h7-12,15-18,25-26H,13-14,19-22H2,1-6H3. The van der Waals surface area contributed by atoms with E-state index in [2.05, 4.69) is 102 Å². The van der Waals surface area contributed by atoms with Crippen molar-refractivity contribution in [3.8, 4) is 0 Å². The van der Waals surface area contributed by atoms with Gasteiger partial charge >= 0.3 is 0 Å². The molecule has 0 heterocycles. The number of benzene rings is 2. The van der Waals surface area contributed by atoms with Gasteiger partial charge in [0.1, 0.15) is 0 Å². The summed E-state index contributed by atoms with van der Waals surface area (Å²) in [5.41, 5.74) is 3.79. The SMILES string of the molecule is CC(C)(C)CC(CCCCC(CC(C)(C)C)c1ccccc1)c1ccccc1. The second-order valence-electron chi connectivity index (χ2n) is 11.0. The van der Waals surface area contributed by atoms with Gasteiger partial charge in [-0.15, -0.1) is 0 Å². The van der Waals surface area contributed by atoms with Crippen LogP contribution in [0.4, 0.5) is 0 Å². The van der Waals surface area contributed by atoms with Gasteiger partial charge in [-0.05, 0) is 59.5 Å². The molecule has 2 unspecified atom stereocenters. The fourth-order valence-corrected chi connectivity index (χ4v) is 4.48. The summed E-state index contributed by atoms with van der Waals surface area (Å²) in [5, 5.41) is 0. The highest BCUT2D eigenvalue weighted by Crippen LogP contribution is 2.37. The third-order valence-electron chi connectivity index (χ3n) is 5.61. The van der Waals surface area contributed by atoms with Crippen LogP contribution in [0.5, 0.6) is 0 Å². The molecule has 0 radical (unpaired) electrons. The van der Waals surface area contributed by atoms with Gasteiger partial charge in [0.15, 0.2) is 0 Å². The molecule has 0 saturated carbocycles. The average Bonchev–Trinajstić information content (AvgIpc) is 2.63. The van der Waals surface area contributed by atoms with E-state index in [1.165, 1.54) is 49.7 Å². The first kappa shape index (κ1) is 22.7. The molecule has 0 bridgehead atoms. The van der Waals surface area contributed by atoms with Crippen LogP contribution in [0.15, 0.2) is 60.7 Å². The topological polar surface area (TPSA) is 0 Å². The fourth-order valence-electron chi connectivity index (χ4n) is 4.48. The summed E-state index contributed by atoms with van der Waals surface area (Å²) >= 11 is 0. The molecular weight excluding hydrogens is 336 g/mol. The highest BCUT2D eigenvalue weighted by atomic mass is 14.3. The molecule has 0 spiro atoms. The van der Waals surface area contributed by atoms with E-state index in [0.717, 1.165) is 0 Å². The Labute approximate surface area is 174 Å². The van der Waals surface area contributed by atoms with Gasteiger partial charge in [0.25, 0.3) is 0 Å². The van der Waals surface area contributed by atoms with Crippen molar-refractivity contribution in [1.82, 2.24) is 0 Å². The maximum atomic E-state index is 2.37. The minimum atomic E-state index is 0.374. The molecule has 154 valence electrons. The summed E-state index contributed by atoms with van der Waals surface area (Å²) in [6, 6.07) is 22.3. The van der Waals surface area contributed by atoms with Crippen LogP contribution in [0.3, 0.4) is 0 Å². The van der Waals surface area contributed by atoms with Crippen molar-refractivity contribution >= 4 is 0 Å². The van der Waals surface area contributed by atoms with Gasteiger partial charge in [-0.3, -0.25) is 0 Å². The molecule has 0 heteroatoms. The van der Waals surface area contributed by atoms with Crippen LogP contribution in [0.1, 0.15) is 103 Å². The lowest BCUT2D eigenvalue weighted by atomic mass is 9.77. The Hall–Kier alpha value is -1.56. The van der Waals surface area contributed by atoms with Crippen molar-refractivity contribution in [1.29, 1.82) is 0 Å². The van der Waals surface area contributed by atoms with E-state index < -0.39 is 0 Å². The van der Waals surface area contributed by atoms with Crippen molar-refractivity contribution < 1.29 is 0 Å². The lowest BCUT2D eigenvalue weighted by Gasteiger charge is -2.28. The number of hydrogen-bond acceptors (Lipinski definition) is 0.